The molecule has 0 aliphatic carbocycles. The summed E-state index contributed by atoms with van der Waals surface area (Å²) in [6.07, 6.45) is 0. The Bertz CT molecular complexity index is 1490. The van der Waals surface area contributed by atoms with Crippen LogP contribution in [0.4, 0.5) is 20.5 Å². The fraction of sp³-hybridized carbons (Fsp3) is 0.125. The van der Waals surface area contributed by atoms with E-state index < -0.39 is 11.9 Å². The maximum Gasteiger partial charge on any atom is 0.318 e. The van der Waals surface area contributed by atoms with Crippen LogP contribution < -0.4 is 0 Å². The molecular formula is C24H16N6O2S4-2. The van der Waals surface area contributed by atoms with Gasteiger partial charge in [0.1, 0.15) is 5.92 Å². The van der Waals surface area contributed by atoms with E-state index in [-0.39, 0.29) is 6.61 Å². The summed E-state index contributed by atoms with van der Waals surface area (Å²) in [5, 5.41) is 15.1. The van der Waals surface area contributed by atoms with Crippen molar-refractivity contribution in [1.82, 2.24) is 19.9 Å². The maximum atomic E-state index is 12.9. The van der Waals surface area contributed by atoms with Crippen LogP contribution in [0, 0.1) is 0 Å². The van der Waals surface area contributed by atoms with E-state index in [0.717, 1.165) is 20.4 Å². The Kier molecular flexibility index (Phi) is 6.32. The molecule has 12 heteroatoms. The number of rotatable bonds is 8. The van der Waals surface area contributed by atoms with E-state index in [2.05, 4.69) is 30.6 Å². The zero-order valence-electron chi connectivity index (χ0n) is 18.7. The molecule has 0 amide bonds. The number of esters is 1. The molecule has 0 fully saturated rings. The van der Waals surface area contributed by atoms with Crippen molar-refractivity contribution in [3.05, 3.63) is 81.3 Å². The van der Waals surface area contributed by atoms with Crippen LogP contribution in [-0.2, 0) is 9.53 Å². The van der Waals surface area contributed by atoms with Gasteiger partial charge in [-0.15, -0.1) is 45.3 Å². The highest BCUT2D eigenvalue weighted by Crippen LogP contribution is 2.42. The van der Waals surface area contributed by atoms with Crippen LogP contribution in [0.15, 0.2) is 59.3 Å². The van der Waals surface area contributed by atoms with E-state index in [9.17, 15) is 4.79 Å². The first-order chi connectivity index (χ1) is 17.7. The van der Waals surface area contributed by atoms with Gasteiger partial charge in [-0.3, -0.25) is 4.79 Å². The Labute approximate surface area is 221 Å². The maximum absolute atomic E-state index is 12.9. The standard InChI is InChI=1S/C24H16N6O2S4/c1-2-32-20(31)19(15-11-33-21(27-15)29-23-25-13-7-3-5-9-17(13)35-23)16-12-34-22(28-16)30-24-26-14-8-4-6-10-18(14)36-24/h3-12,19H,2H2,1H3/q-2. The number of carbonyl (C=O) groups is 1. The molecule has 4 aromatic heterocycles. The van der Waals surface area contributed by atoms with Gasteiger partial charge in [0, 0.05) is 20.4 Å². The molecule has 36 heavy (non-hydrogen) atoms. The number of hydrogen-bond donors (Lipinski definition) is 0. The van der Waals surface area contributed by atoms with E-state index in [4.69, 9.17) is 4.74 Å². The number of fused-ring (bicyclic) bond motifs is 2. The summed E-state index contributed by atoms with van der Waals surface area (Å²) >= 11 is 5.69. The van der Waals surface area contributed by atoms with Gasteiger partial charge in [0.05, 0.1) is 27.1 Å². The van der Waals surface area contributed by atoms with Gasteiger partial charge in [0.2, 0.25) is 0 Å². The highest BCUT2D eigenvalue weighted by Gasteiger charge is 2.25. The average molecular weight is 549 g/mol. The zero-order valence-corrected chi connectivity index (χ0v) is 22.0. The molecule has 0 bridgehead atoms. The smallest absolute Gasteiger partial charge is 0.318 e. The number of nitrogens with zero attached hydrogens (tertiary/aromatic N) is 6. The SMILES string of the molecule is CCOC(=O)C(c1csc([N-]c2nc3ccccc3s2)n1)c1csc([N-]c2nc3ccccc3s2)n1. The van der Waals surface area contributed by atoms with Crippen molar-refractivity contribution >= 4 is 92.3 Å². The summed E-state index contributed by atoms with van der Waals surface area (Å²) in [6.45, 7) is 2.04. The molecule has 6 rings (SSSR count). The second kappa shape index (κ2) is 9.90. The lowest BCUT2D eigenvalue weighted by Crippen LogP contribution is -2.18. The summed E-state index contributed by atoms with van der Waals surface area (Å²) in [4.78, 5) is 31.3. The summed E-state index contributed by atoms with van der Waals surface area (Å²) in [6, 6.07) is 15.8. The first-order valence-electron chi connectivity index (χ1n) is 10.9. The van der Waals surface area contributed by atoms with E-state index in [1.165, 1.54) is 45.3 Å². The van der Waals surface area contributed by atoms with Gasteiger partial charge in [-0.05, 0) is 41.2 Å². The van der Waals surface area contributed by atoms with Gasteiger partial charge >= 0.3 is 5.97 Å². The predicted molar refractivity (Wildman–Crippen MR) is 147 cm³/mol. The normalized spacial score (nSPS) is 11.4. The minimum atomic E-state index is -0.768. The monoisotopic (exact) mass is 548 g/mol. The van der Waals surface area contributed by atoms with Crippen LogP contribution in [-0.4, -0.2) is 32.5 Å². The summed E-state index contributed by atoms with van der Waals surface area (Å²) in [5.74, 6) is -1.18. The Balaban J connectivity index is 1.25. The van der Waals surface area contributed by atoms with Gasteiger partial charge < -0.3 is 35.3 Å². The minimum absolute atomic E-state index is 0.259. The highest BCUT2D eigenvalue weighted by atomic mass is 32.1. The van der Waals surface area contributed by atoms with Crippen LogP contribution >= 0.6 is 45.3 Å². The number of para-hydroxylation sites is 2. The molecule has 0 unspecified atom stereocenters. The van der Waals surface area contributed by atoms with Gasteiger partial charge in [-0.2, -0.15) is 0 Å². The summed E-state index contributed by atoms with van der Waals surface area (Å²) in [5.41, 5.74) is 2.87. The van der Waals surface area contributed by atoms with Gasteiger partial charge in [-0.1, -0.05) is 36.4 Å². The Hall–Kier alpha value is -3.45. The number of thiazole rings is 4. The molecule has 0 radical (unpaired) electrons. The lowest BCUT2D eigenvalue weighted by Gasteiger charge is -2.15. The van der Waals surface area contributed by atoms with Crippen molar-refractivity contribution in [2.24, 2.45) is 0 Å². The van der Waals surface area contributed by atoms with E-state index in [0.29, 0.717) is 31.9 Å². The Morgan fingerprint density at radius 2 is 1.28 bits per heavy atom. The molecule has 180 valence electrons. The molecule has 0 N–H and O–H groups in total. The van der Waals surface area contributed by atoms with Crippen molar-refractivity contribution in [1.29, 1.82) is 0 Å². The molecule has 0 aliphatic rings. The minimum Gasteiger partial charge on any atom is -0.465 e. The summed E-state index contributed by atoms with van der Waals surface area (Å²) < 4.78 is 7.48. The van der Waals surface area contributed by atoms with Crippen molar-refractivity contribution in [2.75, 3.05) is 6.61 Å². The number of hydrogen-bond acceptors (Lipinski definition) is 10. The molecule has 0 atom stereocenters. The molecule has 2 aromatic carbocycles. The Morgan fingerprint density at radius 3 is 1.75 bits per heavy atom. The molecule has 0 saturated carbocycles. The first-order valence-corrected chi connectivity index (χ1v) is 14.3. The number of ether oxygens (including phenoxy) is 1. The molecule has 4 heterocycles. The number of benzene rings is 2. The summed E-state index contributed by atoms with van der Waals surface area (Å²) in [7, 11) is 0. The third-order valence-corrected chi connectivity index (χ3v) is 8.45. The van der Waals surface area contributed by atoms with E-state index >= 15 is 0 Å². The van der Waals surface area contributed by atoms with Crippen LogP contribution in [0.2, 0.25) is 0 Å². The van der Waals surface area contributed by atoms with Gasteiger partial charge in [0.15, 0.2) is 0 Å². The van der Waals surface area contributed by atoms with Crippen LogP contribution in [0.1, 0.15) is 24.2 Å². The van der Waals surface area contributed by atoms with Crippen LogP contribution in [0.25, 0.3) is 31.1 Å². The molecule has 0 spiro atoms. The van der Waals surface area contributed by atoms with E-state index in [1.54, 1.807) is 6.92 Å². The molecular weight excluding hydrogens is 533 g/mol. The van der Waals surface area contributed by atoms with Crippen molar-refractivity contribution < 1.29 is 9.53 Å². The second-order valence-electron chi connectivity index (χ2n) is 7.45. The van der Waals surface area contributed by atoms with E-state index in [1.807, 2.05) is 59.3 Å². The predicted octanol–water partition coefficient (Wildman–Crippen LogP) is 8.19. The highest BCUT2D eigenvalue weighted by molar-refractivity contribution is 7.23. The lowest BCUT2D eigenvalue weighted by molar-refractivity contribution is -0.144. The molecule has 6 aromatic rings. The number of carbonyl (C=O) groups excluding carboxylic acids is 1. The third kappa shape index (κ3) is 4.67. The second-order valence-corrected chi connectivity index (χ2v) is 11.1. The fourth-order valence-corrected chi connectivity index (χ4v) is 6.73. The zero-order chi connectivity index (χ0) is 24.5. The molecule has 0 aliphatic heterocycles. The molecule has 8 nitrogen and oxygen atoms in total. The largest absolute Gasteiger partial charge is 0.465 e. The first kappa shape index (κ1) is 23.0. The van der Waals surface area contributed by atoms with Crippen molar-refractivity contribution in [3.63, 3.8) is 0 Å². The Morgan fingerprint density at radius 1 is 0.778 bits per heavy atom. The number of aromatic nitrogens is 4. The topological polar surface area (TPSA) is 106 Å². The fourth-order valence-electron chi connectivity index (χ4n) is 3.52. The average Bonchev–Trinajstić information content (AvgIpc) is 3.66. The third-order valence-electron chi connectivity index (χ3n) is 5.08. The van der Waals surface area contributed by atoms with Gasteiger partial charge in [-0.25, -0.2) is 0 Å². The quantitative estimate of drug-likeness (QED) is 0.178. The van der Waals surface area contributed by atoms with Crippen molar-refractivity contribution in [2.45, 2.75) is 12.8 Å². The van der Waals surface area contributed by atoms with Crippen LogP contribution in [0.3, 0.4) is 0 Å². The molecule has 0 saturated heterocycles. The van der Waals surface area contributed by atoms with Gasteiger partial charge in [0.25, 0.3) is 0 Å². The lowest BCUT2D eigenvalue weighted by atomic mass is 10.0. The van der Waals surface area contributed by atoms with Crippen LogP contribution in [0.5, 0.6) is 0 Å². The van der Waals surface area contributed by atoms with Crippen molar-refractivity contribution in [3.8, 4) is 0 Å².